The molecule has 0 unspecified atom stereocenters. The second-order valence-corrected chi connectivity index (χ2v) is 4.83. The lowest BCUT2D eigenvalue weighted by Crippen LogP contribution is -2.16. The molecule has 1 rings (SSSR count). The minimum atomic E-state index is -0.500. The number of carbonyl (C=O) groups excluding carboxylic acids is 2. The fourth-order valence-corrected chi connectivity index (χ4v) is 1.36. The highest BCUT2D eigenvalue weighted by atomic mass is 16.5. The van der Waals surface area contributed by atoms with Gasteiger partial charge < -0.3 is 9.47 Å². The van der Waals surface area contributed by atoms with E-state index in [9.17, 15) is 9.59 Å². The van der Waals surface area contributed by atoms with Crippen LogP contribution in [0.4, 0.5) is 10.5 Å². The van der Waals surface area contributed by atoms with E-state index in [0.717, 1.165) is 6.42 Å². The van der Waals surface area contributed by atoms with Crippen LogP contribution in [0.3, 0.4) is 0 Å². The summed E-state index contributed by atoms with van der Waals surface area (Å²) in [5.41, 5.74) is 1.03. The third-order valence-corrected chi connectivity index (χ3v) is 2.35. The Bertz CT molecular complexity index is 440. The number of rotatable bonds is 6. The molecular formula is C15H21NO4. The number of carbonyl (C=O) groups is 2. The third kappa shape index (κ3) is 5.73. The SMILES string of the molecule is CCCOC(=O)c1ccc(NC(=O)OCC(C)C)cc1. The quantitative estimate of drug-likeness (QED) is 0.810. The predicted octanol–water partition coefficient (Wildman–Crippen LogP) is 3.46. The van der Waals surface area contributed by atoms with E-state index in [4.69, 9.17) is 9.47 Å². The number of anilines is 1. The molecule has 0 aliphatic heterocycles. The van der Waals surface area contributed by atoms with Crippen molar-refractivity contribution >= 4 is 17.7 Å². The number of esters is 1. The Labute approximate surface area is 119 Å². The van der Waals surface area contributed by atoms with Crippen molar-refractivity contribution < 1.29 is 19.1 Å². The van der Waals surface area contributed by atoms with Crippen LogP contribution in [0.2, 0.25) is 0 Å². The van der Waals surface area contributed by atoms with Gasteiger partial charge in [0.15, 0.2) is 0 Å². The lowest BCUT2D eigenvalue weighted by Gasteiger charge is -2.09. The number of hydrogen-bond acceptors (Lipinski definition) is 4. The van der Waals surface area contributed by atoms with E-state index in [1.54, 1.807) is 24.3 Å². The Morgan fingerprint density at radius 2 is 1.80 bits per heavy atom. The Morgan fingerprint density at radius 1 is 1.15 bits per heavy atom. The van der Waals surface area contributed by atoms with Crippen LogP contribution < -0.4 is 5.32 Å². The third-order valence-electron chi connectivity index (χ3n) is 2.35. The van der Waals surface area contributed by atoms with E-state index in [-0.39, 0.29) is 11.9 Å². The first-order chi connectivity index (χ1) is 9.52. The van der Waals surface area contributed by atoms with Gasteiger partial charge in [-0.1, -0.05) is 20.8 Å². The average molecular weight is 279 g/mol. The summed E-state index contributed by atoms with van der Waals surface area (Å²) in [7, 11) is 0. The minimum Gasteiger partial charge on any atom is -0.462 e. The van der Waals surface area contributed by atoms with Crippen molar-refractivity contribution in [2.75, 3.05) is 18.5 Å². The van der Waals surface area contributed by atoms with Gasteiger partial charge in [0.1, 0.15) is 0 Å². The first kappa shape index (κ1) is 16.0. The molecule has 0 atom stereocenters. The number of benzene rings is 1. The molecule has 0 aromatic heterocycles. The second kappa shape index (κ2) is 8.19. The zero-order chi connectivity index (χ0) is 15.0. The Kier molecular flexibility index (Phi) is 6.56. The largest absolute Gasteiger partial charge is 0.462 e. The molecule has 1 N–H and O–H groups in total. The maximum Gasteiger partial charge on any atom is 0.411 e. The Morgan fingerprint density at radius 3 is 2.35 bits per heavy atom. The van der Waals surface area contributed by atoms with Crippen LogP contribution in [0, 0.1) is 5.92 Å². The average Bonchev–Trinajstić information content (AvgIpc) is 2.43. The van der Waals surface area contributed by atoms with Crippen molar-refractivity contribution in [1.29, 1.82) is 0 Å². The molecule has 0 radical (unpaired) electrons. The number of ether oxygens (including phenoxy) is 2. The van der Waals surface area contributed by atoms with E-state index in [2.05, 4.69) is 5.32 Å². The van der Waals surface area contributed by atoms with Crippen LogP contribution in [-0.2, 0) is 9.47 Å². The van der Waals surface area contributed by atoms with Crippen LogP contribution in [0.15, 0.2) is 24.3 Å². The minimum absolute atomic E-state index is 0.288. The van der Waals surface area contributed by atoms with Crippen molar-refractivity contribution in [1.82, 2.24) is 0 Å². The molecule has 0 bridgehead atoms. The highest BCUT2D eigenvalue weighted by molar-refractivity contribution is 5.91. The summed E-state index contributed by atoms with van der Waals surface area (Å²) in [5.74, 6) is -0.0720. The van der Waals surface area contributed by atoms with Gasteiger partial charge in [0.05, 0.1) is 18.8 Å². The Hall–Kier alpha value is -2.04. The van der Waals surface area contributed by atoms with Crippen molar-refractivity contribution in [3.8, 4) is 0 Å². The molecule has 5 heteroatoms. The van der Waals surface area contributed by atoms with Crippen LogP contribution in [0.25, 0.3) is 0 Å². The van der Waals surface area contributed by atoms with Crippen LogP contribution >= 0.6 is 0 Å². The molecule has 0 saturated carbocycles. The summed E-state index contributed by atoms with van der Waals surface area (Å²) >= 11 is 0. The second-order valence-electron chi connectivity index (χ2n) is 4.83. The molecule has 110 valence electrons. The molecular weight excluding hydrogens is 258 g/mol. The monoisotopic (exact) mass is 279 g/mol. The van der Waals surface area contributed by atoms with E-state index in [0.29, 0.717) is 24.5 Å². The van der Waals surface area contributed by atoms with Crippen LogP contribution in [-0.4, -0.2) is 25.3 Å². The van der Waals surface area contributed by atoms with Gasteiger partial charge in [-0.2, -0.15) is 0 Å². The fraction of sp³-hybridized carbons (Fsp3) is 0.467. The molecule has 0 aliphatic rings. The summed E-state index contributed by atoms with van der Waals surface area (Å²) in [5, 5.41) is 2.59. The van der Waals surface area contributed by atoms with Gasteiger partial charge in [-0.15, -0.1) is 0 Å². The molecule has 0 heterocycles. The van der Waals surface area contributed by atoms with Gasteiger partial charge in [-0.25, -0.2) is 9.59 Å². The molecule has 0 spiro atoms. The lowest BCUT2D eigenvalue weighted by molar-refractivity contribution is 0.0505. The molecule has 0 saturated heterocycles. The topological polar surface area (TPSA) is 64.6 Å². The summed E-state index contributed by atoms with van der Waals surface area (Å²) in [6.07, 6.45) is 0.285. The number of nitrogens with one attached hydrogen (secondary N) is 1. The Balaban J connectivity index is 2.50. The van der Waals surface area contributed by atoms with Crippen molar-refractivity contribution in [3.63, 3.8) is 0 Å². The van der Waals surface area contributed by atoms with E-state index in [1.807, 2.05) is 20.8 Å². The van der Waals surface area contributed by atoms with Crippen LogP contribution in [0.5, 0.6) is 0 Å². The summed E-state index contributed by atoms with van der Waals surface area (Å²) in [6.45, 7) is 6.63. The van der Waals surface area contributed by atoms with Gasteiger partial charge in [-0.3, -0.25) is 5.32 Å². The summed E-state index contributed by atoms with van der Waals surface area (Å²) in [6, 6.07) is 6.49. The molecule has 1 amide bonds. The normalized spacial score (nSPS) is 10.2. The summed E-state index contributed by atoms with van der Waals surface area (Å²) in [4.78, 5) is 23.0. The van der Waals surface area contributed by atoms with Gasteiger partial charge in [0.25, 0.3) is 0 Å². The van der Waals surface area contributed by atoms with Crippen molar-refractivity contribution in [3.05, 3.63) is 29.8 Å². The zero-order valence-electron chi connectivity index (χ0n) is 12.1. The molecule has 0 aliphatic carbocycles. The van der Waals surface area contributed by atoms with Gasteiger partial charge in [-0.05, 0) is 36.6 Å². The van der Waals surface area contributed by atoms with Gasteiger partial charge >= 0.3 is 12.1 Å². The maximum absolute atomic E-state index is 11.6. The number of amides is 1. The van der Waals surface area contributed by atoms with Crippen molar-refractivity contribution in [2.45, 2.75) is 27.2 Å². The number of hydrogen-bond donors (Lipinski definition) is 1. The highest BCUT2D eigenvalue weighted by Gasteiger charge is 2.08. The summed E-state index contributed by atoms with van der Waals surface area (Å²) < 4.78 is 10.0. The maximum atomic E-state index is 11.6. The van der Waals surface area contributed by atoms with Crippen LogP contribution in [0.1, 0.15) is 37.6 Å². The standard InChI is InChI=1S/C15H21NO4/c1-4-9-19-14(17)12-5-7-13(8-6-12)16-15(18)20-10-11(2)3/h5-8,11H,4,9-10H2,1-3H3,(H,16,18). The molecule has 1 aromatic carbocycles. The first-order valence-electron chi connectivity index (χ1n) is 6.74. The van der Waals surface area contributed by atoms with E-state index in [1.165, 1.54) is 0 Å². The van der Waals surface area contributed by atoms with Gasteiger partial charge in [0.2, 0.25) is 0 Å². The predicted molar refractivity (Wildman–Crippen MR) is 76.8 cm³/mol. The van der Waals surface area contributed by atoms with Gasteiger partial charge in [0, 0.05) is 5.69 Å². The highest BCUT2D eigenvalue weighted by Crippen LogP contribution is 2.11. The molecule has 0 fully saturated rings. The fourth-order valence-electron chi connectivity index (χ4n) is 1.36. The smallest absolute Gasteiger partial charge is 0.411 e. The first-order valence-corrected chi connectivity index (χ1v) is 6.74. The van der Waals surface area contributed by atoms with E-state index < -0.39 is 6.09 Å². The van der Waals surface area contributed by atoms with E-state index >= 15 is 0 Å². The zero-order valence-corrected chi connectivity index (χ0v) is 12.1. The van der Waals surface area contributed by atoms with Crippen molar-refractivity contribution in [2.24, 2.45) is 5.92 Å². The lowest BCUT2D eigenvalue weighted by atomic mass is 10.2. The molecule has 20 heavy (non-hydrogen) atoms. The molecule has 5 nitrogen and oxygen atoms in total. The molecule has 1 aromatic rings.